The van der Waals surface area contributed by atoms with E-state index in [9.17, 15) is 14.7 Å². The number of carbonyl (C=O) groups excluding carboxylic acids is 2. The van der Waals surface area contributed by atoms with Gasteiger partial charge in [-0.15, -0.1) is 0 Å². The highest BCUT2D eigenvalue weighted by Gasteiger charge is 2.46. The van der Waals surface area contributed by atoms with Gasteiger partial charge >= 0.3 is 5.97 Å². The number of phenols is 1. The first kappa shape index (κ1) is 20.9. The molecule has 1 aliphatic carbocycles. The monoisotopic (exact) mass is 401 g/mol. The molecule has 0 radical (unpaired) electrons. The van der Waals surface area contributed by atoms with Gasteiger partial charge in [-0.2, -0.15) is 0 Å². The fourth-order valence-electron chi connectivity index (χ4n) is 4.33. The number of benzene rings is 1. The van der Waals surface area contributed by atoms with Gasteiger partial charge in [0.25, 0.3) is 0 Å². The summed E-state index contributed by atoms with van der Waals surface area (Å²) in [7, 11) is 4.19. The van der Waals surface area contributed by atoms with Gasteiger partial charge in [0.15, 0.2) is 17.3 Å². The molecule has 1 aromatic rings. The average Bonchev–Trinajstić information content (AvgIpc) is 2.65. The third kappa shape index (κ3) is 3.61. The van der Waals surface area contributed by atoms with Gasteiger partial charge in [0, 0.05) is 29.3 Å². The number of nitrogens with zero attached hydrogens (tertiary/aromatic N) is 1. The van der Waals surface area contributed by atoms with Crippen molar-refractivity contribution in [1.82, 2.24) is 0 Å². The molecule has 2 atom stereocenters. The number of methoxy groups -OCH3 is 3. The molecule has 0 aromatic heterocycles. The fourth-order valence-corrected chi connectivity index (χ4v) is 4.33. The molecule has 0 amide bonds. The maximum absolute atomic E-state index is 13.2. The van der Waals surface area contributed by atoms with Crippen LogP contribution in [-0.2, 0) is 14.3 Å². The first-order valence-electron chi connectivity index (χ1n) is 9.47. The number of rotatable bonds is 4. The standard InChI is InChI=1S/C22H27NO6/c1-11-17(21(26)29-6)18(12-7-15(27-4)20(25)16(8-12)28-5)19-13(23-11)9-22(2,3)10-14(19)24/h7-8,17-18,25H,9-10H2,1-6H3/t17?,18-/m1/s1. The molecular formula is C22H27NO6. The number of allylic oxidation sites excluding steroid dienone is 2. The number of Topliss-reactive ketones (excluding diaryl/α,β-unsaturated/α-hetero) is 1. The number of ketones is 1. The van der Waals surface area contributed by atoms with Gasteiger partial charge in [-0.05, 0) is 36.5 Å². The summed E-state index contributed by atoms with van der Waals surface area (Å²) in [5.74, 6) is -1.57. The van der Waals surface area contributed by atoms with E-state index in [-0.39, 0.29) is 28.4 Å². The Hall–Kier alpha value is -2.83. The molecule has 1 aliphatic heterocycles. The van der Waals surface area contributed by atoms with Crippen LogP contribution in [0.15, 0.2) is 28.4 Å². The van der Waals surface area contributed by atoms with E-state index in [1.807, 2.05) is 13.8 Å². The summed E-state index contributed by atoms with van der Waals surface area (Å²) in [6.07, 6.45) is 1.01. The third-order valence-electron chi connectivity index (χ3n) is 5.62. The maximum Gasteiger partial charge on any atom is 0.315 e. The highest BCUT2D eigenvalue weighted by atomic mass is 16.5. The largest absolute Gasteiger partial charge is 0.502 e. The van der Waals surface area contributed by atoms with Gasteiger partial charge in [0.05, 0.1) is 21.3 Å². The summed E-state index contributed by atoms with van der Waals surface area (Å²) in [6, 6.07) is 3.27. The van der Waals surface area contributed by atoms with Gasteiger partial charge in [-0.1, -0.05) is 13.8 Å². The Labute approximate surface area is 170 Å². The van der Waals surface area contributed by atoms with E-state index in [2.05, 4.69) is 4.99 Å². The second-order valence-electron chi connectivity index (χ2n) is 8.31. The molecule has 7 heteroatoms. The summed E-state index contributed by atoms with van der Waals surface area (Å²) < 4.78 is 15.6. The molecule has 1 unspecified atom stereocenters. The molecule has 0 spiro atoms. The van der Waals surface area contributed by atoms with E-state index in [1.54, 1.807) is 19.1 Å². The van der Waals surface area contributed by atoms with E-state index < -0.39 is 17.8 Å². The quantitative estimate of drug-likeness (QED) is 0.777. The van der Waals surface area contributed by atoms with Crippen LogP contribution in [0.4, 0.5) is 0 Å². The van der Waals surface area contributed by atoms with Crippen LogP contribution in [0.5, 0.6) is 17.2 Å². The predicted octanol–water partition coefficient (Wildman–Crippen LogP) is 3.40. The predicted molar refractivity (Wildman–Crippen MR) is 108 cm³/mol. The van der Waals surface area contributed by atoms with Gasteiger partial charge in [0.2, 0.25) is 5.75 Å². The summed E-state index contributed by atoms with van der Waals surface area (Å²) in [4.78, 5) is 30.5. The molecule has 0 bridgehead atoms. The van der Waals surface area contributed by atoms with Crippen molar-refractivity contribution in [2.24, 2.45) is 16.3 Å². The van der Waals surface area contributed by atoms with Crippen LogP contribution in [-0.4, -0.2) is 43.9 Å². The number of carbonyl (C=O) groups is 2. The Morgan fingerprint density at radius 3 is 2.24 bits per heavy atom. The molecule has 0 saturated heterocycles. The van der Waals surface area contributed by atoms with Crippen LogP contribution in [0.3, 0.4) is 0 Å². The Bertz CT molecular complexity index is 902. The van der Waals surface area contributed by atoms with Crippen molar-refractivity contribution in [3.05, 3.63) is 29.0 Å². The number of ether oxygens (including phenoxy) is 3. The van der Waals surface area contributed by atoms with Crippen molar-refractivity contribution in [3.63, 3.8) is 0 Å². The van der Waals surface area contributed by atoms with Crippen LogP contribution in [0.2, 0.25) is 0 Å². The molecule has 1 N–H and O–H groups in total. The average molecular weight is 401 g/mol. The summed E-state index contributed by atoms with van der Waals surface area (Å²) >= 11 is 0. The topological polar surface area (TPSA) is 94.4 Å². The van der Waals surface area contributed by atoms with Crippen molar-refractivity contribution in [1.29, 1.82) is 0 Å². The van der Waals surface area contributed by atoms with Crippen LogP contribution >= 0.6 is 0 Å². The van der Waals surface area contributed by atoms with E-state index in [1.165, 1.54) is 21.3 Å². The minimum absolute atomic E-state index is 0.0302. The molecule has 156 valence electrons. The zero-order chi connectivity index (χ0) is 21.5. The summed E-state index contributed by atoms with van der Waals surface area (Å²) in [6.45, 7) is 5.85. The number of hydrogen-bond acceptors (Lipinski definition) is 7. The molecule has 0 fully saturated rings. The molecule has 1 heterocycles. The maximum atomic E-state index is 13.2. The molecular weight excluding hydrogens is 374 g/mol. The Morgan fingerprint density at radius 2 is 1.72 bits per heavy atom. The Morgan fingerprint density at radius 1 is 1.14 bits per heavy atom. The van der Waals surface area contributed by atoms with Gasteiger partial charge in [-0.25, -0.2) is 0 Å². The van der Waals surface area contributed by atoms with Gasteiger partial charge in [-0.3, -0.25) is 14.6 Å². The number of aliphatic imine (C=N–C) groups is 1. The minimum Gasteiger partial charge on any atom is -0.502 e. The lowest BCUT2D eigenvalue weighted by Gasteiger charge is -2.39. The van der Waals surface area contributed by atoms with Crippen LogP contribution in [0, 0.1) is 11.3 Å². The SMILES string of the molecule is COC(=O)C1C(C)=NC2=C(C(=O)CC(C)(C)C2)[C@@H]1c1cc(OC)c(O)c(OC)c1. The van der Waals surface area contributed by atoms with E-state index in [4.69, 9.17) is 14.2 Å². The van der Waals surface area contributed by atoms with Crippen molar-refractivity contribution in [3.8, 4) is 17.2 Å². The van der Waals surface area contributed by atoms with Crippen LogP contribution in [0.1, 0.15) is 45.1 Å². The zero-order valence-electron chi connectivity index (χ0n) is 17.7. The van der Waals surface area contributed by atoms with Crippen molar-refractivity contribution in [2.75, 3.05) is 21.3 Å². The Balaban J connectivity index is 2.27. The first-order chi connectivity index (χ1) is 13.6. The lowest BCUT2D eigenvalue weighted by molar-refractivity contribution is -0.143. The van der Waals surface area contributed by atoms with Crippen molar-refractivity contribution >= 4 is 17.5 Å². The Kier molecular flexibility index (Phi) is 5.43. The first-order valence-corrected chi connectivity index (χ1v) is 9.47. The van der Waals surface area contributed by atoms with Crippen molar-refractivity contribution in [2.45, 2.75) is 39.5 Å². The second kappa shape index (κ2) is 7.54. The third-order valence-corrected chi connectivity index (χ3v) is 5.62. The van der Waals surface area contributed by atoms with E-state index >= 15 is 0 Å². The molecule has 0 saturated carbocycles. The van der Waals surface area contributed by atoms with E-state index in [0.29, 0.717) is 35.4 Å². The van der Waals surface area contributed by atoms with Crippen LogP contribution in [0.25, 0.3) is 0 Å². The lowest BCUT2D eigenvalue weighted by Crippen LogP contribution is -2.39. The normalized spacial score (nSPS) is 23.2. The summed E-state index contributed by atoms with van der Waals surface area (Å²) in [5.41, 5.74) is 2.26. The number of aromatic hydroxyl groups is 1. The highest BCUT2D eigenvalue weighted by Crippen LogP contribution is 2.50. The zero-order valence-corrected chi connectivity index (χ0v) is 17.7. The lowest BCUT2D eigenvalue weighted by atomic mass is 9.67. The van der Waals surface area contributed by atoms with Crippen molar-refractivity contribution < 1.29 is 28.9 Å². The smallest absolute Gasteiger partial charge is 0.315 e. The fraction of sp³-hybridized carbons (Fsp3) is 0.500. The van der Waals surface area contributed by atoms with Crippen LogP contribution < -0.4 is 9.47 Å². The number of phenolic OH excluding ortho intramolecular Hbond substituents is 1. The number of hydrogen-bond donors (Lipinski definition) is 1. The minimum atomic E-state index is -0.747. The molecule has 7 nitrogen and oxygen atoms in total. The molecule has 1 aromatic carbocycles. The summed E-state index contributed by atoms with van der Waals surface area (Å²) in [5, 5.41) is 10.3. The molecule has 3 rings (SSSR count). The van der Waals surface area contributed by atoms with E-state index in [0.717, 1.165) is 0 Å². The van der Waals surface area contributed by atoms with Gasteiger partial charge < -0.3 is 19.3 Å². The number of esters is 1. The second-order valence-corrected chi connectivity index (χ2v) is 8.31. The van der Waals surface area contributed by atoms with Gasteiger partial charge in [0.1, 0.15) is 5.92 Å². The highest BCUT2D eigenvalue weighted by molar-refractivity contribution is 6.09. The molecule has 29 heavy (non-hydrogen) atoms. The molecule has 2 aliphatic rings.